The Morgan fingerprint density at radius 2 is 1.50 bits per heavy atom. The summed E-state index contributed by atoms with van der Waals surface area (Å²) in [5, 5.41) is 0. The molecule has 1 amide bonds. The van der Waals surface area contributed by atoms with Crippen LogP contribution in [0.25, 0.3) is 0 Å². The van der Waals surface area contributed by atoms with Crippen LogP contribution in [0.2, 0.25) is 0 Å². The summed E-state index contributed by atoms with van der Waals surface area (Å²) in [6.07, 6.45) is 1.70. The lowest BCUT2D eigenvalue weighted by Crippen LogP contribution is -2.48. The van der Waals surface area contributed by atoms with Gasteiger partial charge in [-0.2, -0.15) is 0 Å². The van der Waals surface area contributed by atoms with Crippen molar-refractivity contribution in [1.82, 2.24) is 9.80 Å². The largest absolute Gasteiger partial charge is 0.490 e. The molecule has 2 heterocycles. The lowest BCUT2D eigenvalue weighted by atomic mass is 10.0. The minimum absolute atomic E-state index is 0.00452. The predicted molar refractivity (Wildman–Crippen MR) is 122 cm³/mol. The zero-order valence-corrected chi connectivity index (χ0v) is 19.8. The second-order valence-electron chi connectivity index (χ2n) is 7.90. The molecule has 0 atom stereocenters. The molecule has 1 aromatic rings. The van der Waals surface area contributed by atoms with Crippen LogP contribution in [0.5, 0.6) is 17.2 Å². The van der Waals surface area contributed by atoms with E-state index in [-0.39, 0.29) is 11.9 Å². The van der Waals surface area contributed by atoms with Gasteiger partial charge in [-0.05, 0) is 45.7 Å². The lowest BCUT2D eigenvalue weighted by molar-refractivity contribution is 0.0141. The third kappa shape index (κ3) is 6.49. The maximum absolute atomic E-state index is 13.8. The van der Waals surface area contributed by atoms with Gasteiger partial charge in [-0.15, -0.1) is 0 Å². The molecule has 2 fully saturated rings. The summed E-state index contributed by atoms with van der Waals surface area (Å²) in [6, 6.07) is 3.75. The molecule has 32 heavy (non-hydrogen) atoms. The van der Waals surface area contributed by atoms with E-state index in [0.29, 0.717) is 62.4 Å². The molecular formula is C24H38N2O6. The number of hydrogen-bond acceptors (Lipinski definition) is 7. The third-order valence-electron chi connectivity index (χ3n) is 5.81. The fourth-order valence-electron chi connectivity index (χ4n) is 4.20. The summed E-state index contributed by atoms with van der Waals surface area (Å²) < 4.78 is 28.5. The van der Waals surface area contributed by atoms with Crippen LogP contribution in [-0.2, 0) is 9.47 Å². The standard InChI is InChI=1S/C24H38N2O6/c1-4-30-21-17-19(18-22(31-5-2)23(21)32-6-3)24(27)26(20-7-13-28-14-8-20)10-9-25-11-15-29-16-12-25/h17-18,20H,4-16H2,1-3H3. The molecule has 0 bridgehead atoms. The highest BCUT2D eigenvalue weighted by Gasteiger charge is 2.29. The van der Waals surface area contributed by atoms with Crippen molar-refractivity contribution in [2.24, 2.45) is 0 Å². The van der Waals surface area contributed by atoms with E-state index in [4.69, 9.17) is 23.7 Å². The van der Waals surface area contributed by atoms with Crippen LogP contribution in [0.1, 0.15) is 44.0 Å². The third-order valence-corrected chi connectivity index (χ3v) is 5.81. The van der Waals surface area contributed by atoms with Crippen molar-refractivity contribution < 1.29 is 28.5 Å². The molecule has 0 unspecified atom stereocenters. The Morgan fingerprint density at radius 1 is 0.938 bits per heavy atom. The number of amides is 1. The Labute approximate surface area is 191 Å². The Hall–Kier alpha value is -2.03. The van der Waals surface area contributed by atoms with E-state index in [1.54, 1.807) is 12.1 Å². The number of carbonyl (C=O) groups is 1. The number of rotatable bonds is 11. The average molecular weight is 451 g/mol. The van der Waals surface area contributed by atoms with Crippen molar-refractivity contribution in [3.63, 3.8) is 0 Å². The van der Waals surface area contributed by atoms with Crippen LogP contribution in [0, 0.1) is 0 Å². The van der Waals surface area contributed by atoms with Gasteiger partial charge in [0.2, 0.25) is 5.75 Å². The average Bonchev–Trinajstić information content (AvgIpc) is 2.82. The van der Waals surface area contributed by atoms with E-state index in [9.17, 15) is 4.79 Å². The van der Waals surface area contributed by atoms with Crippen molar-refractivity contribution in [1.29, 1.82) is 0 Å². The van der Waals surface area contributed by atoms with Crippen molar-refractivity contribution >= 4 is 5.91 Å². The highest BCUT2D eigenvalue weighted by Crippen LogP contribution is 2.39. The molecule has 3 rings (SSSR count). The molecule has 1 aromatic carbocycles. The molecular weight excluding hydrogens is 412 g/mol. The quantitative estimate of drug-likeness (QED) is 0.513. The molecule has 0 aromatic heterocycles. The van der Waals surface area contributed by atoms with Gasteiger partial charge in [0.25, 0.3) is 5.91 Å². The summed E-state index contributed by atoms with van der Waals surface area (Å²) in [5.74, 6) is 1.64. The molecule has 2 aliphatic rings. The van der Waals surface area contributed by atoms with Crippen molar-refractivity contribution in [2.45, 2.75) is 39.7 Å². The molecule has 0 saturated carbocycles. The first-order valence-electron chi connectivity index (χ1n) is 11.9. The first-order chi connectivity index (χ1) is 15.7. The Balaban J connectivity index is 1.87. The second kappa shape index (κ2) is 12.9. The molecule has 2 aliphatic heterocycles. The van der Waals surface area contributed by atoms with Gasteiger partial charge in [0.05, 0.1) is 33.0 Å². The Morgan fingerprint density at radius 3 is 2.06 bits per heavy atom. The number of morpholine rings is 1. The Bertz CT molecular complexity index is 689. The van der Waals surface area contributed by atoms with E-state index in [2.05, 4.69) is 4.90 Å². The molecule has 180 valence electrons. The van der Waals surface area contributed by atoms with Gasteiger partial charge < -0.3 is 28.6 Å². The van der Waals surface area contributed by atoms with Crippen LogP contribution in [-0.4, -0.2) is 94.2 Å². The van der Waals surface area contributed by atoms with Crippen molar-refractivity contribution in [3.05, 3.63) is 17.7 Å². The van der Waals surface area contributed by atoms with E-state index in [0.717, 1.165) is 45.7 Å². The van der Waals surface area contributed by atoms with Crippen molar-refractivity contribution in [2.75, 3.05) is 72.4 Å². The Kier molecular flexibility index (Phi) is 9.89. The normalized spacial score (nSPS) is 17.7. The minimum atomic E-state index is -0.00452. The van der Waals surface area contributed by atoms with Gasteiger partial charge in [0.15, 0.2) is 11.5 Å². The van der Waals surface area contributed by atoms with Crippen LogP contribution in [0.3, 0.4) is 0 Å². The van der Waals surface area contributed by atoms with Crippen molar-refractivity contribution in [3.8, 4) is 17.2 Å². The van der Waals surface area contributed by atoms with Crippen LogP contribution in [0.15, 0.2) is 12.1 Å². The molecule has 2 saturated heterocycles. The summed E-state index contributed by atoms with van der Waals surface area (Å²) >= 11 is 0. The first kappa shape index (κ1) is 24.6. The van der Waals surface area contributed by atoms with Gasteiger partial charge in [-0.25, -0.2) is 0 Å². The summed E-state index contributed by atoms with van der Waals surface area (Å²) in [5.41, 5.74) is 0.564. The molecule has 0 N–H and O–H groups in total. The van der Waals surface area contributed by atoms with Gasteiger partial charge in [-0.3, -0.25) is 9.69 Å². The van der Waals surface area contributed by atoms with Gasteiger partial charge in [0.1, 0.15) is 0 Å². The molecule has 0 radical (unpaired) electrons. The number of ether oxygens (including phenoxy) is 5. The lowest BCUT2D eigenvalue weighted by Gasteiger charge is -2.36. The number of benzene rings is 1. The van der Waals surface area contributed by atoms with E-state index < -0.39 is 0 Å². The highest BCUT2D eigenvalue weighted by molar-refractivity contribution is 5.96. The molecule has 0 spiro atoms. The second-order valence-corrected chi connectivity index (χ2v) is 7.90. The van der Waals surface area contributed by atoms with Gasteiger partial charge in [-0.1, -0.05) is 0 Å². The smallest absolute Gasteiger partial charge is 0.254 e. The number of nitrogens with zero attached hydrogens (tertiary/aromatic N) is 2. The van der Waals surface area contributed by atoms with Crippen LogP contribution < -0.4 is 14.2 Å². The maximum atomic E-state index is 13.8. The minimum Gasteiger partial charge on any atom is -0.490 e. The SMILES string of the molecule is CCOc1cc(C(=O)N(CCN2CCOCC2)C2CCOCC2)cc(OCC)c1OCC. The molecule has 8 nitrogen and oxygen atoms in total. The van der Waals surface area contributed by atoms with E-state index in [1.807, 2.05) is 25.7 Å². The predicted octanol–water partition coefficient (Wildman–Crippen LogP) is 2.84. The number of carbonyl (C=O) groups excluding carboxylic acids is 1. The molecule has 8 heteroatoms. The van der Waals surface area contributed by atoms with Gasteiger partial charge in [0, 0.05) is 51.0 Å². The van der Waals surface area contributed by atoms with E-state index >= 15 is 0 Å². The summed E-state index contributed by atoms with van der Waals surface area (Å²) in [6.45, 7) is 13.4. The first-order valence-corrected chi connectivity index (χ1v) is 11.9. The summed E-state index contributed by atoms with van der Waals surface area (Å²) in [4.78, 5) is 18.2. The fraction of sp³-hybridized carbons (Fsp3) is 0.708. The van der Waals surface area contributed by atoms with Crippen LogP contribution >= 0.6 is 0 Å². The maximum Gasteiger partial charge on any atom is 0.254 e. The monoisotopic (exact) mass is 450 g/mol. The van der Waals surface area contributed by atoms with Crippen LogP contribution in [0.4, 0.5) is 0 Å². The van der Waals surface area contributed by atoms with E-state index in [1.165, 1.54) is 0 Å². The zero-order chi connectivity index (χ0) is 22.8. The highest BCUT2D eigenvalue weighted by atomic mass is 16.5. The van der Waals surface area contributed by atoms with Gasteiger partial charge >= 0.3 is 0 Å². The topological polar surface area (TPSA) is 69.7 Å². The fourth-order valence-corrected chi connectivity index (χ4v) is 4.20. The summed E-state index contributed by atoms with van der Waals surface area (Å²) in [7, 11) is 0. The number of hydrogen-bond donors (Lipinski definition) is 0. The zero-order valence-electron chi connectivity index (χ0n) is 19.8. The molecule has 0 aliphatic carbocycles.